The van der Waals surface area contributed by atoms with Crippen LogP contribution in [0.3, 0.4) is 0 Å². The van der Waals surface area contributed by atoms with Gasteiger partial charge in [0.05, 0.1) is 0 Å². The second kappa shape index (κ2) is 5.84. The van der Waals surface area contributed by atoms with Gasteiger partial charge in [-0.05, 0) is 31.2 Å². The summed E-state index contributed by atoms with van der Waals surface area (Å²) in [6.07, 6.45) is 7.05. The molecule has 0 bridgehead atoms. The molecular weight excluding hydrogens is 240 g/mol. The highest BCUT2D eigenvalue weighted by molar-refractivity contribution is 5.30. The molecule has 0 aliphatic carbocycles. The summed E-state index contributed by atoms with van der Waals surface area (Å²) in [6.45, 7) is 4.61. The quantitative estimate of drug-likeness (QED) is 0.871. The third-order valence-corrected chi connectivity index (χ3v) is 4.38. The van der Waals surface area contributed by atoms with E-state index in [4.69, 9.17) is 5.11 Å². The van der Waals surface area contributed by atoms with E-state index in [9.17, 15) is 0 Å². The van der Waals surface area contributed by atoms with Crippen LogP contribution in [0.25, 0.3) is 0 Å². The summed E-state index contributed by atoms with van der Waals surface area (Å²) in [4.78, 5) is 13.6. The number of aliphatic hydroxyl groups is 1. The van der Waals surface area contributed by atoms with Gasteiger partial charge in [0.1, 0.15) is 0 Å². The van der Waals surface area contributed by atoms with E-state index >= 15 is 0 Å². The zero-order valence-corrected chi connectivity index (χ0v) is 11.3. The van der Waals surface area contributed by atoms with Crippen LogP contribution in [0.5, 0.6) is 0 Å². The number of hydrogen-bond donors (Lipinski definition) is 1. The van der Waals surface area contributed by atoms with Crippen LogP contribution in [0.2, 0.25) is 0 Å². The standard InChI is InChI=1S/C14H22N4O/c19-9-4-12-2-3-13-11-18(8-7-17(13)10-12)14-15-5-1-6-16-14/h1,5-6,12-13,19H,2-4,7-11H2. The van der Waals surface area contributed by atoms with Gasteiger partial charge in [0, 0.05) is 51.2 Å². The minimum Gasteiger partial charge on any atom is -0.396 e. The number of hydrogen-bond acceptors (Lipinski definition) is 5. The summed E-state index contributed by atoms with van der Waals surface area (Å²) in [5, 5.41) is 9.06. The smallest absolute Gasteiger partial charge is 0.225 e. The minimum atomic E-state index is 0.327. The number of nitrogens with zero attached hydrogens (tertiary/aromatic N) is 4. The molecule has 1 N–H and O–H groups in total. The Morgan fingerprint density at radius 2 is 2.00 bits per heavy atom. The Hall–Kier alpha value is -1.20. The fourth-order valence-electron chi connectivity index (χ4n) is 3.31. The van der Waals surface area contributed by atoms with E-state index in [1.807, 2.05) is 18.5 Å². The average Bonchev–Trinajstić information content (AvgIpc) is 2.48. The van der Waals surface area contributed by atoms with Gasteiger partial charge < -0.3 is 10.0 Å². The first-order valence-corrected chi connectivity index (χ1v) is 7.23. The van der Waals surface area contributed by atoms with Crippen LogP contribution in [-0.4, -0.2) is 58.8 Å². The summed E-state index contributed by atoms with van der Waals surface area (Å²) >= 11 is 0. The van der Waals surface area contributed by atoms with Crippen LogP contribution in [0.15, 0.2) is 18.5 Å². The Bertz CT molecular complexity index is 400. The molecule has 5 nitrogen and oxygen atoms in total. The predicted molar refractivity (Wildman–Crippen MR) is 74.0 cm³/mol. The van der Waals surface area contributed by atoms with Gasteiger partial charge in [-0.2, -0.15) is 0 Å². The van der Waals surface area contributed by atoms with Crippen LogP contribution in [0, 0.1) is 5.92 Å². The van der Waals surface area contributed by atoms with Gasteiger partial charge in [-0.1, -0.05) is 0 Å². The zero-order valence-electron chi connectivity index (χ0n) is 11.3. The summed E-state index contributed by atoms with van der Waals surface area (Å²) in [6, 6.07) is 2.49. The van der Waals surface area contributed by atoms with Crippen molar-refractivity contribution < 1.29 is 5.11 Å². The van der Waals surface area contributed by atoms with Gasteiger partial charge in [-0.25, -0.2) is 9.97 Å². The number of rotatable bonds is 3. The molecule has 2 aliphatic rings. The maximum Gasteiger partial charge on any atom is 0.225 e. The number of aliphatic hydroxyl groups excluding tert-OH is 1. The van der Waals surface area contributed by atoms with Gasteiger partial charge in [-0.3, -0.25) is 4.90 Å². The number of fused-ring (bicyclic) bond motifs is 1. The topological polar surface area (TPSA) is 52.5 Å². The Morgan fingerprint density at radius 3 is 2.79 bits per heavy atom. The molecule has 0 aromatic carbocycles. The Labute approximate surface area is 114 Å². The first-order chi connectivity index (χ1) is 9.36. The van der Waals surface area contributed by atoms with Crippen molar-refractivity contribution in [2.75, 3.05) is 37.7 Å². The van der Waals surface area contributed by atoms with Gasteiger partial charge in [0.2, 0.25) is 5.95 Å². The van der Waals surface area contributed by atoms with Crippen molar-refractivity contribution in [3.8, 4) is 0 Å². The molecule has 19 heavy (non-hydrogen) atoms. The molecule has 1 aromatic rings. The molecule has 2 atom stereocenters. The maximum atomic E-state index is 9.06. The van der Waals surface area contributed by atoms with Crippen LogP contribution in [0.4, 0.5) is 5.95 Å². The highest BCUT2D eigenvalue weighted by atomic mass is 16.3. The third-order valence-electron chi connectivity index (χ3n) is 4.38. The summed E-state index contributed by atoms with van der Waals surface area (Å²) in [7, 11) is 0. The van der Waals surface area contributed by atoms with Crippen LogP contribution >= 0.6 is 0 Å². The van der Waals surface area contributed by atoms with E-state index in [2.05, 4.69) is 19.8 Å². The molecule has 2 unspecified atom stereocenters. The van der Waals surface area contributed by atoms with E-state index in [0.29, 0.717) is 18.6 Å². The Kier molecular flexibility index (Phi) is 3.94. The normalized spacial score (nSPS) is 28.2. The maximum absolute atomic E-state index is 9.06. The molecule has 0 saturated carbocycles. The fourth-order valence-corrected chi connectivity index (χ4v) is 3.31. The lowest BCUT2D eigenvalue weighted by Gasteiger charge is -2.46. The van der Waals surface area contributed by atoms with Crippen molar-refractivity contribution in [1.29, 1.82) is 0 Å². The van der Waals surface area contributed by atoms with Gasteiger partial charge in [0.15, 0.2) is 0 Å². The summed E-state index contributed by atoms with van der Waals surface area (Å²) in [5.74, 6) is 1.54. The first kappa shape index (κ1) is 12.8. The minimum absolute atomic E-state index is 0.327. The van der Waals surface area contributed by atoms with Crippen LogP contribution < -0.4 is 4.90 Å². The molecule has 5 heteroatoms. The number of piperazine rings is 1. The molecule has 3 heterocycles. The SMILES string of the molecule is OCCC1CCC2CN(c3ncccn3)CCN2C1. The Balaban J connectivity index is 1.60. The van der Waals surface area contributed by atoms with E-state index in [1.165, 1.54) is 12.8 Å². The molecule has 2 saturated heterocycles. The molecule has 2 fully saturated rings. The van der Waals surface area contributed by atoms with Crippen LogP contribution in [-0.2, 0) is 0 Å². The monoisotopic (exact) mass is 262 g/mol. The molecule has 0 radical (unpaired) electrons. The van der Waals surface area contributed by atoms with Gasteiger partial charge in [0.25, 0.3) is 0 Å². The van der Waals surface area contributed by atoms with Gasteiger partial charge in [-0.15, -0.1) is 0 Å². The van der Waals surface area contributed by atoms with Crippen molar-refractivity contribution in [3.63, 3.8) is 0 Å². The van der Waals surface area contributed by atoms with Crippen LogP contribution in [0.1, 0.15) is 19.3 Å². The Morgan fingerprint density at radius 1 is 1.16 bits per heavy atom. The summed E-state index contributed by atoms with van der Waals surface area (Å²) < 4.78 is 0. The zero-order chi connectivity index (χ0) is 13.1. The van der Waals surface area contributed by atoms with Crippen molar-refractivity contribution in [3.05, 3.63) is 18.5 Å². The number of piperidine rings is 1. The molecule has 0 amide bonds. The average molecular weight is 262 g/mol. The first-order valence-electron chi connectivity index (χ1n) is 7.23. The molecule has 0 spiro atoms. The predicted octanol–water partition coefficient (Wildman–Crippen LogP) is 0.760. The summed E-state index contributed by atoms with van der Waals surface area (Å²) in [5.41, 5.74) is 0. The highest BCUT2D eigenvalue weighted by Crippen LogP contribution is 2.27. The number of anilines is 1. The third kappa shape index (κ3) is 2.87. The molecule has 2 aliphatic heterocycles. The lowest BCUT2D eigenvalue weighted by Crippen LogP contribution is -2.56. The lowest BCUT2D eigenvalue weighted by atomic mass is 9.89. The van der Waals surface area contributed by atoms with Gasteiger partial charge >= 0.3 is 0 Å². The fraction of sp³-hybridized carbons (Fsp3) is 0.714. The van der Waals surface area contributed by atoms with E-state index in [1.54, 1.807) is 0 Å². The van der Waals surface area contributed by atoms with E-state index in [0.717, 1.165) is 38.5 Å². The molecule has 1 aromatic heterocycles. The second-order valence-electron chi connectivity index (χ2n) is 5.60. The van der Waals surface area contributed by atoms with E-state index in [-0.39, 0.29) is 0 Å². The molecular formula is C14H22N4O. The van der Waals surface area contributed by atoms with Crippen molar-refractivity contribution >= 4 is 5.95 Å². The lowest BCUT2D eigenvalue weighted by molar-refractivity contribution is 0.0832. The second-order valence-corrected chi connectivity index (χ2v) is 5.60. The van der Waals surface area contributed by atoms with Crippen molar-refractivity contribution in [2.45, 2.75) is 25.3 Å². The number of aromatic nitrogens is 2. The van der Waals surface area contributed by atoms with Crippen molar-refractivity contribution in [1.82, 2.24) is 14.9 Å². The highest BCUT2D eigenvalue weighted by Gasteiger charge is 2.33. The largest absolute Gasteiger partial charge is 0.396 e. The molecule has 3 rings (SSSR count). The van der Waals surface area contributed by atoms with E-state index < -0.39 is 0 Å². The van der Waals surface area contributed by atoms with Crippen molar-refractivity contribution in [2.24, 2.45) is 5.92 Å². The molecule has 104 valence electrons.